The lowest BCUT2D eigenvalue weighted by Gasteiger charge is -2.13. The number of hydrogen-bond donors (Lipinski definition) is 3. The molecule has 10 heteroatoms. The Morgan fingerprint density at radius 1 is 1.00 bits per heavy atom. The number of nitrogens with one attached hydrogen (secondary N) is 3. The molecule has 0 aliphatic carbocycles. The predicted octanol–water partition coefficient (Wildman–Crippen LogP) is 4.58. The summed E-state index contributed by atoms with van der Waals surface area (Å²) >= 11 is 0. The number of carbonyl (C=O) groups is 2. The molecule has 3 N–H and O–H groups in total. The molecule has 3 amide bonds. The summed E-state index contributed by atoms with van der Waals surface area (Å²) in [7, 11) is 6.86. The molecule has 0 aliphatic heterocycles. The van der Waals surface area contributed by atoms with Gasteiger partial charge in [-0.2, -0.15) is 5.10 Å². The van der Waals surface area contributed by atoms with E-state index in [0.717, 1.165) is 44.4 Å². The van der Waals surface area contributed by atoms with E-state index in [9.17, 15) is 9.59 Å². The Bertz CT molecular complexity index is 1680. The van der Waals surface area contributed by atoms with E-state index in [0.29, 0.717) is 22.6 Å². The first kappa shape index (κ1) is 24.0. The summed E-state index contributed by atoms with van der Waals surface area (Å²) in [5, 5.41) is 12.2. The second-order valence-electron chi connectivity index (χ2n) is 9.43. The van der Waals surface area contributed by atoms with Crippen molar-refractivity contribution in [1.29, 1.82) is 0 Å². The van der Waals surface area contributed by atoms with Gasteiger partial charge in [0.2, 0.25) is 0 Å². The van der Waals surface area contributed by atoms with Gasteiger partial charge in [0.15, 0.2) is 5.65 Å². The van der Waals surface area contributed by atoms with E-state index in [4.69, 9.17) is 4.98 Å². The smallest absolute Gasteiger partial charge is 0.321 e. The van der Waals surface area contributed by atoms with E-state index in [1.165, 1.54) is 4.90 Å². The Labute approximate surface area is 213 Å². The molecule has 0 aliphatic rings. The largest absolute Gasteiger partial charge is 0.353 e. The van der Waals surface area contributed by atoms with Crippen LogP contribution in [-0.2, 0) is 0 Å². The van der Waals surface area contributed by atoms with Crippen LogP contribution in [0.2, 0.25) is 0 Å². The summed E-state index contributed by atoms with van der Waals surface area (Å²) in [6.45, 7) is 3.91. The maximum Gasteiger partial charge on any atom is 0.321 e. The van der Waals surface area contributed by atoms with Crippen LogP contribution in [0.25, 0.3) is 44.5 Å². The van der Waals surface area contributed by atoms with Gasteiger partial charge >= 0.3 is 6.03 Å². The number of urea groups is 1. The molecular formula is C27H28N8O2. The zero-order valence-electron chi connectivity index (χ0n) is 21.6. The Morgan fingerprint density at radius 3 is 2.51 bits per heavy atom. The first-order chi connectivity index (χ1) is 17.7. The van der Waals surface area contributed by atoms with Crippen LogP contribution in [0.3, 0.4) is 0 Å². The van der Waals surface area contributed by atoms with Crippen molar-refractivity contribution in [3.05, 3.63) is 59.5 Å². The summed E-state index contributed by atoms with van der Waals surface area (Å²) in [6, 6.07) is 9.34. The second kappa shape index (κ2) is 9.05. The van der Waals surface area contributed by atoms with Crippen molar-refractivity contribution in [2.45, 2.75) is 13.8 Å². The van der Waals surface area contributed by atoms with E-state index >= 15 is 0 Å². The number of aromatic nitrogens is 5. The number of H-pyrrole nitrogens is 2. The molecule has 0 spiro atoms. The van der Waals surface area contributed by atoms with Gasteiger partial charge in [-0.1, -0.05) is 6.07 Å². The number of amides is 3. The normalized spacial score (nSPS) is 11.2. The van der Waals surface area contributed by atoms with Crippen LogP contribution in [0.4, 0.5) is 10.5 Å². The number of nitrogens with zero attached hydrogens (tertiary/aromatic N) is 5. The fourth-order valence-corrected chi connectivity index (χ4v) is 4.48. The molecule has 0 saturated carbocycles. The first-order valence-corrected chi connectivity index (χ1v) is 11.8. The molecule has 0 fully saturated rings. The van der Waals surface area contributed by atoms with Gasteiger partial charge in [-0.15, -0.1) is 0 Å². The van der Waals surface area contributed by atoms with Crippen LogP contribution in [0.15, 0.2) is 42.7 Å². The van der Waals surface area contributed by atoms with E-state index in [1.807, 2.05) is 44.2 Å². The SMILES string of the molecule is Cc1nc2[nH]nc(-c3[nH]c4cccc(C(=O)N(C)C)c4c3C)c2cc1-c1cncc(NC(=O)N(C)C)c1. The Kier molecular flexibility index (Phi) is 5.87. The third-order valence-electron chi connectivity index (χ3n) is 6.40. The zero-order chi connectivity index (χ0) is 26.4. The van der Waals surface area contributed by atoms with Crippen LogP contribution < -0.4 is 5.32 Å². The Morgan fingerprint density at radius 2 is 1.78 bits per heavy atom. The number of carbonyl (C=O) groups excluding carboxylic acids is 2. The summed E-state index contributed by atoms with van der Waals surface area (Å²) in [5.41, 5.74) is 7.72. The van der Waals surface area contributed by atoms with Gasteiger partial charge in [0, 0.05) is 73.1 Å². The third kappa shape index (κ3) is 4.16. The van der Waals surface area contributed by atoms with Gasteiger partial charge in [0.25, 0.3) is 5.91 Å². The van der Waals surface area contributed by atoms with E-state index < -0.39 is 0 Å². The van der Waals surface area contributed by atoms with Gasteiger partial charge < -0.3 is 20.1 Å². The zero-order valence-corrected chi connectivity index (χ0v) is 21.6. The lowest BCUT2D eigenvalue weighted by molar-refractivity contribution is 0.0829. The standard InChI is InChI=1S/C27H28N8O2/c1-14-22-18(26(36)34(3)4)8-7-9-21(22)31-23(14)24-20-11-19(15(2)29-25(20)33-32-24)16-10-17(13-28-12-16)30-27(37)35(5)6/h7-13,31H,1-6H3,(H,30,37)(H,29,32,33). The molecule has 0 radical (unpaired) electrons. The minimum atomic E-state index is -0.234. The average molecular weight is 497 g/mol. The average Bonchev–Trinajstić information content (AvgIpc) is 3.43. The van der Waals surface area contributed by atoms with Gasteiger partial charge in [0.1, 0.15) is 5.69 Å². The van der Waals surface area contributed by atoms with Gasteiger partial charge in [0.05, 0.1) is 17.6 Å². The van der Waals surface area contributed by atoms with Gasteiger partial charge in [-0.05, 0) is 43.7 Å². The second-order valence-corrected chi connectivity index (χ2v) is 9.43. The number of benzene rings is 1. The van der Waals surface area contributed by atoms with Crippen molar-refractivity contribution in [1.82, 2.24) is 34.9 Å². The number of aromatic amines is 2. The molecule has 0 unspecified atom stereocenters. The fraction of sp³-hybridized carbons (Fsp3) is 0.222. The minimum absolute atomic E-state index is 0.0561. The monoisotopic (exact) mass is 496 g/mol. The third-order valence-corrected chi connectivity index (χ3v) is 6.40. The molecule has 4 heterocycles. The molecule has 37 heavy (non-hydrogen) atoms. The molecular weight excluding hydrogens is 468 g/mol. The minimum Gasteiger partial charge on any atom is -0.353 e. The maximum absolute atomic E-state index is 12.8. The topological polar surface area (TPSA) is 123 Å². The highest BCUT2D eigenvalue weighted by atomic mass is 16.2. The number of pyridine rings is 2. The van der Waals surface area contributed by atoms with Crippen molar-refractivity contribution in [2.75, 3.05) is 33.5 Å². The Hall–Kier alpha value is -4.73. The molecule has 188 valence electrons. The quantitative estimate of drug-likeness (QED) is 0.336. The number of aryl methyl sites for hydroxylation is 2. The first-order valence-electron chi connectivity index (χ1n) is 11.8. The molecule has 5 rings (SSSR count). The number of fused-ring (bicyclic) bond motifs is 2. The highest BCUT2D eigenvalue weighted by molar-refractivity contribution is 6.10. The molecule has 10 nitrogen and oxygen atoms in total. The van der Waals surface area contributed by atoms with Crippen LogP contribution in [0, 0.1) is 13.8 Å². The summed E-state index contributed by atoms with van der Waals surface area (Å²) in [5.74, 6) is -0.0561. The highest BCUT2D eigenvalue weighted by Crippen LogP contribution is 2.36. The number of anilines is 1. The lowest BCUT2D eigenvalue weighted by Crippen LogP contribution is -2.27. The summed E-state index contributed by atoms with van der Waals surface area (Å²) in [6.07, 6.45) is 3.35. The molecule has 0 atom stereocenters. The molecule has 0 saturated heterocycles. The van der Waals surface area contributed by atoms with Crippen LogP contribution in [0.5, 0.6) is 0 Å². The van der Waals surface area contributed by atoms with Gasteiger partial charge in [-0.25, -0.2) is 9.78 Å². The molecule has 1 aromatic carbocycles. The van der Waals surface area contributed by atoms with E-state index in [2.05, 4.69) is 25.5 Å². The lowest BCUT2D eigenvalue weighted by atomic mass is 10.0. The van der Waals surface area contributed by atoms with Crippen molar-refractivity contribution in [3.63, 3.8) is 0 Å². The highest BCUT2D eigenvalue weighted by Gasteiger charge is 2.21. The fourth-order valence-electron chi connectivity index (χ4n) is 4.48. The maximum atomic E-state index is 12.8. The van der Waals surface area contributed by atoms with E-state index in [1.54, 1.807) is 45.5 Å². The van der Waals surface area contributed by atoms with Crippen molar-refractivity contribution >= 4 is 39.6 Å². The van der Waals surface area contributed by atoms with Crippen LogP contribution in [0.1, 0.15) is 21.6 Å². The molecule has 4 aromatic heterocycles. The molecule has 0 bridgehead atoms. The van der Waals surface area contributed by atoms with Crippen molar-refractivity contribution in [2.24, 2.45) is 0 Å². The van der Waals surface area contributed by atoms with Gasteiger partial charge in [-0.3, -0.25) is 14.9 Å². The van der Waals surface area contributed by atoms with Crippen LogP contribution in [-0.4, -0.2) is 75.1 Å². The van der Waals surface area contributed by atoms with Crippen LogP contribution >= 0.6 is 0 Å². The van der Waals surface area contributed by atoms with E-state index in [-0.39, 0.29) is 11.9 Å². The molecule has 5 aromatic rings. The van der Waals surface area contributed by atoms with Crippen molar-refractivity contribution in [3.8, 4) is 22.5 Å². The summed E-state index contributed by atoms with van der Waals surface area (Å²) < 4.78 is 0. The number of rotatable bonds is 4. The predicted molar refractivity (Wildman–Crippen MR) is 145 cm³/mol. The summed E-state index contributed by atoms with van der Waals surface area (Å²) in [4.78, 5) is 40.5. The number of hydrogen-bond acceptors (Lipinski definition) is 5. The van der Waals surface area contributed by atoms with Crippen molar-refractivity contribution < 1.29 is 9.59 Å². The Balaban J connectivity index is 1.64.